The topological polar surface area (TPSA) is 9.72 Å². The maximum absolute atomic E-state index is 2.85. The van der Waals surface area contributed by atoms with Crippen molar-refractivity contribution in [3.05, 3.63) is 186 Å². The Hall–Kier alpha value is -6.56. The summed E-state index contributed by atoms with van der Waals surface area (Å²) in [6.45, 7) is 33.5. The number of thiophene rings is 1. The lowest BCUT2D eigenvalue weighted by Gasteiger charge is -2.51. The molecule has 8 aromatic carbocycles. The van der Waals surface area contributed by atoms with Crippen LogP contribution >= 0.6 is 11.3 Å². The summed E-state index contributed by atoms with van der Waals surface area (Å²) in [5, 5.41) is 2.63. The molecule has 0 saturated heterocycles. The minimum atomic E-state index is -0.174. The van der Waals surface area contributed by atoms with Crippen molar-refractivity contribution in [1.29, 1.82) is 0 Å². The van der Waals surface area contributed by atoms with E-state index in [0.717, 1.165) is 6.42 Å². The molecule has 3 nitrogen and oxygen atoms in total. The fraction of sp³-hybridized carbons (Fsp3) is 0.333. The van der Waals surface area contributed by atoms with E-state index in [4.69, 9.17) is 0 Å². The van der Waals surface area contributed by atoms with Crippen molar-refractivity contribution in [3.8, 4) is 11.1 Å². The predicted molar refractivity (Wildman–Crippen MR) is 336 cm³/mol. The Balaban J connectivity index is 1.21. The summed E-state index contributed by atoms with van der Waals surface area (Å²) < 4.78 is 2.65. The second-order valence-corrected chi connectivity index (χ2v) is 28.8. The SMILES string of the molecule is CC(C)(C)c1cccc(N2c3cc(C(C)(C)C)ccc3B3c4ccc5c(sc6ccccc65)c4N(c4ccc(C(C)(C)C)cc4-c4ccccc4)c4cc(N5c6ccc(C(C)(C)C)cc6C6(C)CCCCC56C)cc2c43)c1. The van der Waals surface area contributed by atoms with Gasteiger partial charge in [0.2, 0.25) is 0 Å². The summed E-state index contributed by atoms with van der Waals surface area (Å²) in [5.41, 5.74) is 23.2. The zero-order valence-corrected chi connectivity index (χ0v) is 49.0. The van der Waals surface area contributed by atoms with Gasteiger partial charge in [0, 0.05) is 60.6 Å². The summed E-state index contributed by atoms with van der Waals surface area (Å²) >= 11 is 1.96. The first-order chi connectivity index (χ1) is 36.5. The molecule has 4 aliphatic rings. The molecule has 0 radical (unpaired) electrons. The number of fused-ring (bicyclic) bond motifs is 11. The Kier molecular flexibility index (Phi) is 11.0. The Bertz CT molecular complexity index is 3870. The van der Waals surface area contributed by atoms with Gasteiger partial charge in [0.05, 0.1) is 21.6 Å². The highest BCUT2D eigenvalue weighted by molar-refractivity contribution is 7.26. The molecule has 9 aromatic rings. The molecule has 4 heterocycles. The minimum absolute atomic E-state index is 0.0289. The van der Waals surface area contributed by atoms with Gasteiger partial charge >= 0.3 is 0 Å². The molecule has 77 heavy (non-hydrogen) atoms. The predicted octanol–water partition coefficient (Wildman–Crippen LogP) is 18.7. The van der Waals surface area contributed by atoms with Crippen molar-refractivity contribution < 1.29 is 0 Å². The molecule has 0 spiro atoms. The van der Waals surface area contributed by atoms with Crippen LogP contribution < -0.4 is 31.1 Å². The Morgan fingerprint density at radius 3 is 1.77 bits per heavy atom. The van der Waals surface area contributed by atoms with E-state index in [0.29, 0.717) is 0 Å². The van der Waals surface area contributed by atoms with Gasteiger partial charge in [-0.2, -0.15) is 0 Å². The quantitative estimate of drug-likeness (QED) is 0.163. The summed E-state index contributed by atoms with van der Waals surface area (Å²) in [6, 6.07) is 62.4. The third kappa shape index (κ3) is 7.56. The van der Waals surface area contributed by atoms with Crippen LogP contribution in [0.15, 0.2) is 158 Å². The molecule has 1 saturated carbocycles. The molecule has 2 unspecified atom stereocenters. The van der Waals surface area contributed by atoms with Crippen molar-refractivity contribution in [3.63, 3.8) is 0 Å². The fourth-order valence-electron chi connectivity index (χ4n) is 14.1. The van der Waals surface area contributed by atoms with E-state index >= 15 is 0 Å². The number of anilines is 8. The fourth-order valence-corrected chi connectivity index (χ4v) is 15.4. The molecule has 5 heteroatoms. The molecule has 0 amide bonds. The lowest BCUT2D eigenvalue weighted by molar-refractivity contribution is 0.195. The molecular formula is C72H76BN3S. The van der Waals surface area contributed by atoms with E-state index in [1.807, 2.05) is 11.3 Å². The molecule has 0 bridgehead atoms. The number of benzene rings is 8. The highest BCUT2D eigenvalue weighted by atomic mass is 32.1. The largest absolute Gasteiger partial charge is 0.334 e. The van der Waals surface area contributed by atoms with Gasteiger partial charge in [-0.3, -0.25) is 0 Å². The molecule has 13 rings (SSSR count). The van der Waals surface area contributed by atoms with E-state index in [2.05, 4.69) is 269 Å². The molecule has 1 fully saturated rings. The van der Waals surface area contributed by atoms with E-state index in [9.17, 15) is 0 Å². The second-order valence-electron chi connectivity index (χ2n) is 27.8. The van der Waals surface area contributed by atoms with E-state index in [-0.39, 0.29) is 39.3 Å². The average Bonchev–Trinajstić information content (AvgIpc) is 3.76. The van der Waals surface area contributed by atoms with Gasteiger partial charge in [0.1, 0.15) is 0 Å². The van der Waals surface area contributed by atoms with E-state index in [1.54, 1.807) is 0 Å². The first kappa shape index (κ1) is 50.0. The lowest BCUT2D eigenvalue weighted by atomic mass is 9.33. The Morgan fingerprint density at radius 2 is 1.05 bits per heavy atom. The van der Waals surface area contributed by atoms with Crippen LogP contribution in [0.4, 0.5) is 45.5 Å². The third-order valence-electron chi connectivity index (χ3n) is 18.8. The van der Waals surface area contributed by atoms with Gasteiger partial charge < -0.3 is 14.7 Å². The second kappa shape index (κ2) is 17.0. The highest BCUT2D eigenvalue weighted by Gasteiger charge is 2.58. The van der Waals surface area contributed by atoms with Crippen LogP contribution in [0.1, 0.15) is 150 Å². The van der Waals surface area contributed by atoms with Crippen LogP contribution in [0, 0.1) is 0 Å². The van der Waals surface area contributed by atoms with Gasteiger partial charge in [-0.25, -0.2) is 0 Å². The zero-order chi connectivity index (χ0) is 53.9. The van der Waals surface area contributed by atoms with Gasteiger partial charge in [-0.15, -0.1) is 11.3 Å². The van der Waals surface area contributed by atoms with Crippen LogP contribution in [0.3, 0.4) is 0 Å². The number of nitrogens with zero attached hydrogens (tertiary/aromatic N) is 3. The smallest absolute Gasteiger partial charge is 0.252 e. The van der Waals surface area contributed by atoms with Crippen LogP contribution in [-0.4, -0.2) is 12.3 Å². The van der Waals surface area contributed by atoms with Gasteiger partial charge in [-0.05, 0) is 146 Å². The molecule has 1 aliphatic carbocycles. The average molecular weight is 1030 g/mol. The maximum atomic E-state index is 2.85. The molecule has 1 aromatic heterocycles. The van der Waals surface area contributed by atoms with Crippen molar-refractivity contribution in [2.75, 3.05) is 14.7 Å². The molecule has 2 atom stereocenters. The van der Waals surface area contributed by atoms with E-state index in [1.165, 1.54) is 140 Å². The van der Waals surface area contributed by atoms with Crippen LogP contribution in [-0.2, 0) is 27.1 Å². The monoisotopic (exact) mass is 1030 g/mol. The van der Waals surface area contributed by atoms with Crippen molar-refractivity contribution in [1.82, 2.24) is 0 Å². The minimum Gasteiger partial charge on any atom is -0.334 e. The van der Waals surface area contributed by atoms with Crippen LogP contribution in [0.5, 0.6) is 0 Å². The Morgan fingerprint density at radius 1 is 0.455 bits per heavy atom. The normalized spacial score (nSPS) is 19.1. The molecule has 3 aliphatic heterocycles. The standard InChI is InChI=1S/C72H76BN3S/c1-67(2,3)46-25-22-26-50(39-46)74-60-42-49(70(10,11)12)29-33-56(60)73-57-34-32-53-52-27-18-19-28-63(52)77-66(53)65(57)75(58-35-30-47(68(4,5)6)40-54(58)45-23-16-15-17-24-45)62-44-51(43-61(74)64(62)73)76-59-36-31-48(69(7,8)9)41-55(59)71(13)37-20-21-38-72(71,76)14/h15-19,22-36,39-44H,20-21,37-38H2,1-14H3. The maximum Gasteiger partial charge on any atom is 0.252 e. The zero-order valence-electron chi connectivity index (χ0n) is 48.2. The summed E-state index contributed by atoms with van der Waals surface area (Å²) in [7, 11) is 0. The number of rotatable bonds is 4. The Labute approximate surface area is 464 Å². The van der Waals surface area contributed by atoms with Gasteiger partial charge in [0.25, 0.3) is 6.71 Å². The number of hydrogen-bond acceptors (Lipinski definition) is 4. The highest BCUT2D eigenvalue weighted by Crippen LogP contribution is 2.63. The first-order valence-electron chi connectivity index (χ1n) is 28.6. The van der Waals surface area contributed by atoms with Crippen LogP contribution in [0.25, 0.3) is 31.3 Å². The molecule has 0 N–H and O–H groups in total. The molecular weight excluding hydrogens is 950 g/mol. The number of hydrogen-bond donors (Lipinski definition) is 0. The third-order valence-corrected chi connectivity index (χ3v) is 20.0. The van der Waals surface area contributed by atoms with E-state index < -0.39 is 0 Å². The van der Waals surface area contributed by atoms with Crippen molar-refractivity contribution >= 4 is 100 Å². The first-order valence-corrected chi connectivity index (χ1v) is 29.4. The summed E-state index contributed by atoms with van der Waals surface area (Å²) in [5.74, 6) is 0. The van der Waals surface area contributed by atoms with Gasteiger partial charge in [-0.1, -0.05) is 206 Å². The van der Waals surface area contributed by atoms with Gasteiger partial charge in [0.15, 0.2) is 0 Å². The van der Waals surface area contributed by atoms with Crippen molar-refractivity contribution in [2.24, 2.45) is 0 Å². The summed E-state index contributed by atoms with van der Waals surface area (Å²) in [4.78, 5) is 8.28. The van der Waals surface area contributed by atoms with Crippen LogP contribution in [0.2, 0.25) is 0 Å². The lowest BCUT2D eigenvalue weighted by Crippen LogP contribution is -2.61. The molecule has 388 valence electrons. The van der Waals surface area contributed by atoms with Crippen molar-refractivity contribution in [2.45, 2.75) is 155 Å². The summed E-state index contributed by atoms with van der Waals surface area (Å²) in [6.07, 6.45) is 4.73.